The van der Waals surface area contributed by atoms with Gasteiger partial charge in [-0.1, -0.05) is 43.3 Å². The van der Waals surface area contributed by atoms with E-state index in [2.05, 4.69) is 29.6 Å². The van der Waals surface area contributed by atoms with Gasteiger partial charge in [-0.05, 0) is 43.0 Å². The molecule has 8 heteroatoms. The molecular formula is C23H26N4O4. The summed E-state index contributed by atoms with van der Waals surface area (Å²) < 4.78 is 6.10. The van der Waals surface area contributed by atoms with Crippen LogP contribution >= 0.6 is 0 Å². The van der Waals surface area contributed by atoms with Crippen LogP contribution in [0.5, 0.6) is 0 Å². The molecule has 0 saturated carbocycles. The lowest BCUT2D eigenvalue weighted by Gasteiger charge is -2.16. The van der Waals surface area contributed by atoms with Gasteiger partial charge in [0.2, 0.25) is 5.91 Å². The first-order valence-electron chi connectivity index (χ1n) is 10.1. The molecule has 1 unspecified atom stereocenters. The van der Waals surface area contributed by atoms with Crippen molar-refractivity contribution < 1.29 is 14.1 Å². The molecule has 8 nitrogen and oxygen atoms in total. The largest absolute Gasteiger partial charge is 0.360 e. The number of aryl methyl sites for hydroxylation is 1. The van der Waals surface area contributed by atoms with Crippen LogP contribution in [0.1, 0.15) is 60.0 Å². The monoisotopic (exact) mass is 422 g/mol. The average molecular weight is 422 g/mol. The van der Waals surface area contributed by atoms with Crippen LogP contribution < -0.4 is 16.2 Å². The van der Waals surface area contributed by atoms with Gasteiger partial charge in [0.15, 0.2) is 5.82 Å². The van der Waals surface area contributed by atoms with Crippen molar-refractivity contribution in [3.8, 4) is 0 Å². The summed E-state index contributed by atoms with van der Waals surface area (Å²) in [7, 11) is 0. The number of carbonyl (C=O) groups is 2. The van der Waals surface area contributed by atoms with E-state index in [-0.39, 0.29) is 29.9 Å². The molecule has 0 aliphatic carbocycles. The van der Waals surface area contributed by atoms with Crippen LogP contribution in [0, 0.1) is 6.92 Å². The third kappa shape index (κ3) is 5.48. The molecule has 0 fully saturated rings. The summed E-state index contributed by atoms with van der Waals surface area (Å²) in [6, 6.07) is 12.3. The Morgan fingerprint density at radius 2 is 1.77 bits per heavy atom. The smallest absolute Gasteiger partial charge is 0.263 e. The second-order valence-electron chi connectivity index (χ2n) is 7.74. The van der Waals surface area contributed by atoms with Crippen molar-refractivity contribution in [2.75, 3.05) is 5.32 Å². The van der Waals surface area contributed by atoms with Gasteiger partial charge in [-0.15, -0.1) is 0 Å². The lowest BCUT2D eigenvalue weighted by molar-refractivity contribution is -0.122. The number of pyridine rings is 1. The number of benzene rings is 1. The molecule has 2 amide bonds. The molecule has 0 aliphatic heterocycles. The quantitative estimate of drug-likeness (QED) is 0.607. The number of nitrogens with one attached hydrogen (secondary N) is 2. The van der Waals surface area contributed by atoms with E-state index in [0.29, 0.717) is 11.7 Å². The summed E-state index contributed by atoms with van der Waals surface area (Å²) >= 11 is 0. The van der Waals surface area contributed by atoms with Gasteiger partial charge in [-0.25, -0.2) is 0 Å². The number of nitrogens with zero attached hydrogens (tertiary/aromatic N) is 2. The van der Waals surface area contributed by atoms with Gasteiger partial charge in [-0.2, -0.15) is 0 Å². The summed E-state index contributed by atoms with van der Waals surface area (Å²) in [4.78, 5) is 37.6. The van der Waals surface area contributed by atoms with Crippen LogP contribution in [0.4, 0.5) is 5.82 Å². The van der Waals surface area contributed by atoms with E-state index < -0.39 is 11.5 Å². The first-order valence-corrected chi connectivity index (χ1v) is 10.1. The fourth-order valence-electron chi connectivity index (χ4n) is 3.14. The van der Waals surface area contributed by atoms with E-state index in [1.807, 2.05) is 31.2 Å². The minimum Gasteiger partial charge on any atom is -0.360 e. The van der Waals surface area contributed by atoms with Crippen LogP contribution in [0.3, 0.4) is 0 Å². The van der Waals surface area contributed by atoms with Crippen LogP contribution in [0.25, 0.3) is 0 Å². The molecule has 0 saturated heterocycles. The first kappa shape index (κ1) is 22.0. The molecule has 2 N–H and O–H groups in total. The Kier molecular flexibility index (Phi) is 6.69. The van der Waals surface area contributed by atoms with E-state index >= 15 is 0 Å². The predicted molar refractivity (Wildman–Crippen MR) is 117 cm³/mol. The molecule has 1 atom stereocenters. The number of aromatic nitrogens is 2. The summed E-state index contributed by atoms with van der Waals surface area (Å²) in [6.45, 7) is 7.63. The van der Waals surface area contributed by atoms with Crippen molar-refractivity contribution in [2.45, 2.75) is 46.2 Å². The molecule has 0 spiro atoms. The normalized spacial score (nSPS) is 11.9. The first-order chi connectivity index (χ1) is 14.7. The molecule has 31 heavy (non-hydrogen) atoms. The maximum atomic E-state index is 12.7. The maximum absolute atomic E-state index is 12.7. The van der Waals surface area contributed by atoms with Crippen molar-refractivity contribution in [3.63, 3.8) is 0 Å². The van der Waals surface area contributed by atoms with Gasteiger partial charge in [0.25, 0.3) is 11.5 Å². The fraction of sp³-hybridized carbons (Fsp3) is 0.304. The summed E-state index contributed by atoms with van der Waals surface area (Å²) in [5.41, 5.74) is 1.54. The SMILES string of the molecule is Cc1cc(NC(=O)c2cccn(CC(=O)NC(C)c3ccc(C(C)C)cc3)c2=O)no1. The van der Waals surface area contributed by atoms with Gasteiger partial charge >= 0.3 is 0 Å². The Bertz CT molecular complexity index is 1130. The third-order valence-electron chi connectivity index (χ3n) is 4.93. The van der Waals surface area contributed by atoms with Gasteiger partial charge in [0.05, 0.1) is 6.04 Å². The summed E-state index contributed by atoms with van der Waals surface area (Å²) in [5, 5.41) is 9.08. The summed E-state index contributed by atoms with van der Waals surface area (Å²) in [6.07, 6.45) is 1.47. The number of carbonyl (C=O) groups excluding carboxylic acids is 2. The van der Waals surface area contributed by atoms with E-state index in [1.54, 1.807) is 19.1 Å². The zero-order valence-corrected chi connectivity index (χ0v) is 18.0. The van der Waals surface area contributed by atoms with Crippen molar-refractivity contribution in [2.24, 2.45) is 0 Å². The zero-order valence-electron chi connectivity index (χ0n) is 18.0. The topological polar surface area (TPSA) is 106 Å². The molecule has 1 aromatic carbocycles. The minimum atomic E-state index is -0.619. The van der Waals surface area contributed by atoms with Crippen LogP contribution in [-0.2, 0) is 11.3 Å². The second kappa shape index (κ2) is 9.42. The van der Waals surface area contributed by atoms with Gasteiger partial charge in [0.1, 0.15) is 17.9 Å². The predicted octanol–water partition coefficient (Wildman–Crippen LogP) is 3.40. The highest BCUT2D eigenvalue weighted by atomic mass is 16.5. The Morgan fingerprint density at radius 3 is 2.39 bits per heavy atom. The Morgan fingerprint density at radius 1 is 1.10 bits per heavy atom. The molecule has 0 bridgehead atoms. The lowest BCUT2D eigenvalue weighted by atomic mass is 9.99. The van der Waals surface area contributed by atoms with Gasteiger partial charge < -0.3 is 19.7 Å². The van der Waals surface area contributed by atoms with E-state index in [0.717, 1.165) is 5.56 Å². The van der Waals surface area contributed by atoms with E-state index in [4.69, 9.17) is 4.52 Å². The zero-order chi connectivity index (χ0) is 22.5. The molecular weight excluding hydrogens is 396 g/mol. The minimum absolute atomic E-state index is 0.0896. The molecule has 3 rings (SSSR count). The number of amides is 2. The highest BCUT2D eigenvalue weighted by Gasteiger charge is 2.16. The Hall–Kier alpha value is -3.68. The number of rotatable bonds is 7. The van der Waals surface area contributed by atoms with Gasteiger partial charge in [-0.3, -0.25) is 14.4 Å². The van der Waals surface area contributed by atoms with Crippen LogP contribution in [0.15, 0.2) is 58.0 Å². The highest BCUT2D eigenvalue weighted by molar-refractivity contribution is 6.03. The third-order valence-corrected chi connectivity index (χ3v) is 4.93. The van der Waals surface area contributed by atoms with E-state index in [1.165, 1.54) is 22.4 Å². The Labute approximate surface area is 180 Å². The molecule has 0 radical (unpaired) electrons. The van der Waals surface area contributed by atoms with Crippen molar-refractivity contribution >= 4 is 17.6 Å². The van der Waals surface area contributed by atoms with Crippen LogP contribution in [-0.4, -0.2) is 21.5 Å². The number of hydrogen-bond acceptors (Lipinski definition) is 5. The number of hydrogen-bond donors (Lipinski definition) is 2. The molecule has 2 aromatic heterocycles. The average Bonchev–Trinajstić information content (AvgIpc) is 3.14. The highest BCUT2D eigenvalue weighted by Crippen LogP contribution is 2.18. The van der Waals surface area contributed by atoms with Crippen molar-refractivity contribution in [3.05, 3.63) is 81.5 Å². The standard InChI is InChI=1S/C23H26N4O4/c1-14(2)17-7-9-18(10-8-17)16(4)24-21(28)13-27-11-5-6-19(23(27)30)22(29)25-20-12-15(3)31-26-20/h5-12,14,16H,13H2,1-4H3,(H,24,28)(H,25,26,29). The van der Waals surface area contributed by atoms with Crippen LogP contribution in [0.2, 0.25) is 0 Å². The fourth-order valence-corrected chi connectivity index (χ4v) is 3.14. The lowest BCUT2D eigenvalue weighted by Crippen LogP contribution is -2.35. The Balaban J connectivity index is 1.66. The molecule has 3 aromatic rings. The van der Waals surface area contributed by atoms with Crippen molar-refractivity contribution in [1.82, 2.24) is 15.0 Å². The number of anilines is 1. The maximum Gasteiger partial charge on any atom is 0.263 e. The van der Waals surface area contributed by atoms with Crippen molar-refractivity contribution in [1.29, 1.82) is 0 Å². The second-order valence-corrected chi connectivity index (χ2v) is 7.74. The summed E-state index contributed by atoms with van der Waals surface area (Å²) in [5.74, 6) is 0.236. The molecule has 162 valence electrons. The van der Waals surface area contributed by atoms with E-state index in [9.17, 15) is 14.4 Å². The molecule has 0 aliphatic rings. The molecule has 2 heterocycles. The van der Waals surface area contributed by atoms with Gasteiger partial charge in [0, 0.05) is 12.3 Å².